The van der Waals surface area contributed by atoms with E-state index in [1.54, 1.807) is 12.1 Å². The number of esters is 1. The van der Waals surface area contributed by atoms with Crippen LogP contribution in [0.3, 0.4) is 0 Å². The predicted molar refractivity (Wildman–Crippen MR) is 65.4 cm³/mol. The van der Waals surface area contributed by atoms with Gasteiger partial charge in [-0.25, -0.2) is 4.79 Å². The molecule has 2 heteroatoms. The molecule has 0 fully saturated rings. The summed E-state index contributed by atoms with van der Waals surface area (Å²) in [5, 5.41) is 0. The van der Waals surface area contributed by atoms with Gasteiger partial charge < -0.3 is 4.74 Å². The van der Waals surface area contributed by atoms with E-state index in [2.05, 4.69) is 20.8 Å². The first kappa shape index (κ1) is 12.8. The molecule has 0 aromatic heterocycles. The van der Waals surface area contributed by atoms with Crippen LogP contribution in [0.15, 0.2) is 30.3 Å². The Morgan fingerprint density at radius 1 is 1.25 bits per heavy atom. The highest BCUT2D eigenvalue weighted by Crippen LogP contribution is 2.24. The van der Waals surface area contributed by atoms with Gasteiger partial charge in [-0.1, -0.05) is 45.4 Å². The Labute approximate surface area is 97.6 Å². The van der Waals surface area contributed by atoms with Crippen LogP contribution in [0.4, 0.5) is 0 Å². The quantitative estimate of drug-likeness (QED) is 0.708. The van der Waals surface area contributed by atoms with Gasteiger partial charge in [0.1, 0.15) is 0 Å². The molecule has 0 aliphatic rings. The SMILES string of the molecule is CCC(C)(C)CCOC(=O)c1ccccc1. The molecule has 1 rings (SSSR count). The molecule has 0 aliphatic carbocycles. The second-order valence-corrected chi connectivity index (χ2v) is 4.77. The maximum Gasteiger partial charge on any atom is 0.338 e. The molecule has 0 unspecified atom stereocenters. The number of rotatable bonds is 5. The Balaban J connectivity index is 2.37. The zero-order chi connectivity index (χ0) is 12.0. The average molecular weight is 220 g/mol. The average Bonchev–Trinajstić information content (AvgIpc) is 2.30. The summed E-state index contributed by atoms with van der Waals surface area (Å²) in [6.45, 7) is 7.01. The molecule has 0 radical (unpaired) electrons. The monoisotopic (exact) mass is 220 g/mol. The van der Waals surface area contributed by atoms with Gasteiger partial charge in [-0.3, -0.25) is 0 Å². The lowest BCUT2D eigenvalue weighted by atomic mass is 9.87. The van der Waals surface area contributed by atoms with Gasteiger partial charge in [0.2, 0.25) is 0 Å². The van der Waals surface area contributed by atoms with Crippen LogP contribution in [0, 0.1) is 5.41 Å². The minimum absolute atomic E-state index is 0.229. The predicted octanol–water partition coefficient (Wildman–Crippen LogP) is 3.67. The highest BCUT2D eigenvalue weighted by molar-refractivity contribution is 5.89. The van der Waals surface area contributed by atoms with E-state index in [0.29, 0.717) is 12.2 Å². The van der Waals surface area contributed by atoms with Gasteiger partial charge >= 0.3 is 5.97 Å². The van der Waals surface area contributed by atoms with Crippen LogP contribution in [0.2, 0.25) is 0 Å². The van der Waals surface area contributed by atoms with Gasteiger partial charge in [0.05, 0.1) is 12.2 Å². The first-order valence-electron chi connectivity index (χ1n) is 5.77. The lowest BCUT2D eigenvalue weighted by molar-refractivity contribution is 0.0456. The Hall–Kier alpha value is -1.31. The summed E-state index contributed by atoms with van der Waals surface area (Å²) >= 11 is 0. The van der Waals surface area contributed by atoms with Gasteiger partial charge in [-0.2, -0.15) is 0 Å². The summed E-state index contributed by atoms with van der Waals surface area (Å²) in [5.41, 5.74) is 0.869. The summed E-state index contributed by atoms with van der Waals surface area (Å²) in [6, 6.07) is 9.11. The fourth-order valence-electron chi connectivity index (χ4n) is 1.25. The van der Waals surface area contributed by atoms with Crippen molar-refractivity contribution in [1.82, 2.24) is 0 Å². The Kier molecular flexibility index (Phi) is 4.53. The molecule has 1 aromatic rings. The summed E-state index contributed by atoms with van der Waals surface area (Å²) in [6.07, 6.45) is 2.00. The van der Waals surface area contributed by atoms with Crippen LogP contribution in [0.1, 0.15) is 44.0 Å². The third-order valence-corrected chi connectivity index (χ3v) is 2.98. The second-order valence-electron chi connectivity index (χ2n) is 4.77. The molecule has 16 heavy (non-hydrogen) atoms. The van der Waals surface area contributed by atoms with Crippen molar-refractivity contribution in [3.8, 4) is 0 Å². The van der Waals surface area contributed by atoms with Crippen LogP contribution in [-0.2, 0) is 4.74 Å². The van der Waals surface area contributed by atoms with E-state index in [-0.39, 0.29) is 11.4 Å². The topological polar surface area (TPSA) is 26.3 Å². The van der Waals surface area contributed by atoms with Gasteiger partial charge in [-0.15, -0.1) is 0 Å². The molecule has 2 nitrogen and oxygen atoms in total. The van der Waals surface area contributed by atoms with E-state index in [1.807, 2.05) is 18.2 Å². The van der Waals surface area contributed by atoms with E-state index >= 15 is 0 Å². The molecule has 0 saturated carbocycles. The van der Waals surface area contributed by atoms with Crippen molar-refractivity contribution in [3.05, 3.63) is 35.9 Å². The molecule has 88 valence electrons. The van der Waals surface area contributed by atoms with Crippen molar-refractivity contribution in [2.45, 2.75) is 33.6 Å². The first-order valence-corrected chi connectivity index (χ1v) is 5.77. The Bertz CT molecular complexity index is 328. The number of hydrogen-bond donors (Lipinski definition) is 0. The van der Waals surface area contributed by atoms with Crippen LogP contribution >= 0.6 is 0 Å². The van der Waals surface area contributed by atoms with Crippen molar-refractivity contribution < 1.29 is 9.53 Å². The van der Waals surface area contributed by atoms with Crippen molar-refractivity contribution in [3.63, 3.8) is 0 Å². The molecule has 1 aromatic carbocycles. The summed E-state index contributed by atoms with van der Waals surface area (Å²) < 4.78 is 5.23. The number of carbonyl (C=O) groups excluding carboxylic acids is 1. The molecule has 0 bridgehead atoms. The van der Waals surface area contributed by atoms with E-state index in [0.717, 1.165) is 12.8 Å². The smallest absolute Gasteiger partial charge is 0.338 e. The minimum atomic E-state index is -0.229. The molecule has 0 N–H and O–H groups in total. The normalized spacial score (nSPS) is 11.2. The van der Waals surface area contributed by atoms with E-state index in [1.165, 1.54) is 0 Å². The summed E-state index contributed by atoms with van der Waals surface area (Å²) in [4.78, 5) is 11.6. The van der Waals surface area contributed by atoms with Crippen molar-refractivity contribution >= 4 is 5.97 Å². The maximum atomic E-state index is 11.6. The van der Waals surface area contributed by atoms with E-state index < -0.39 is 0 Å². The highest BCUT2D eigenvalue weighted by Gasteiger charge is 2.16. The molecule has 0 aliphatic heterocycles. The number of benzene rings is 1. The fraction of sp³-hybridized carbons (Fsp3) is 0.500. The van der Waals surface area contributed by atoms with E-state index in [4.69, 9.17) is 4.74 Å². The zero-order valence-corrected chi connectivity index (χ0v) is 10.3. The van der Waals surface area contributed by atoms with Crippen molar-refractivity contribution in [1.29, 1.82) is 0 Å². The summed E-state index contributed by atoms with van der Waals surface area (Å²) in [7, 11) is 0. The second kappa shape index (κ2) is 5.69. The lowest BCUT2D eigenvalue weighted by Gasteiger charge is -2.21. The third-order valence-electron chi connectivity index (χ3n) is 2.98. The fourth-order valence-corrected chi connectivity index (χ4v) is 1.25. The first-order chi connectivity index (χ1) is 7.55. The van der Waals surface area contributed by atoms with Crippen molar-refractivity contribution in [2.75, 3.05) is 6.61 Å². The highest BCUT2D eigenvalue weighted by atomic mass is 16.5. The molecule has 0 saturated heterocycles. The number of hydrogen-bond acceptors (Lipinski definition) is 2. The van der Waals surface area contributed by atoms with Gasteiger partial charge in [0, 0.05) is 0 Å². The third kappa shape index (κ3) is 4.05. The Morgan fingerprint density at radius 3 is 2.44 bits per heavy atom. The molecular formula is C14H20O2. The van der Waals surface area contributed by atoms with Crippen LogP contribution in [-0.4, -0.2) is 12.6 Å². The minimum Gasteiger partial charge on any atom is -0.462 e. The van der Waals surface area contributed by atoms with Gasteiger partial charge in [0.15, 0.2) is 0 Å². The zero-order valence-electron chi connectivity index (χ0n) is 10.3. The standard InChI is InChI=1S/C14H20O2/c1-4-14(2,3)10-11-16-13(15)12-8-6-5-7-9-12/h5-9H,4,10-11H2,1-3H3. The molecule has 0 amide bonds. The van der Waals surface area contributed by atoms with Crippen LogP contribution < -0.4 is 0 Å². The number of ether oxygens (including phenoxy) is 1. The summed E-state index contributed by atoms with van der Waals surface area (Å²) in [5.74, 6) is -0.229. The molecule has 0 atom stereocenters. The molecule has 0 heterocycles. The van der Waals surface area contributed by atoms with Crippen LogP contribution in [0.25, 0.3) is 0 Å². The van der Waals surface area contributed by atoms with Crippen LogP contribution in [0.5, 0.6) is 0 Å². The molecular weight excluding hydrogens is 200 g/mol. The maximum absolute atomic E-state index is 11.6. The lowest BCUT2D eigenvalue weighted by Crippen LogP contribution is -2.15. The van der Waals surface area contributed by atoms with Gasteiger partial charge in [-0.05, 0) is 24.0 Å². The largest absolute Gasteiger partial charge is 0.462 e. The molecule has 0 spiro atoms. The number of carbonyl (C=O) groups is 1. The van der Waals surface area contributed by atoms with Crippen molar-refractivity contribution in [2.24, 2.45) is 5.41 Å². The van der Waals surface area contributed by atoms with E-state index in [9.17, 15) is 4.79 Å². The van der Waals surface area contributed by atoms with Gasteiger partial charge in [0.25, 0.3) is 0 Å². The Morgan fingerprint density at radius 2 is 1.88 bits per heavy atom.